The van der Waals surface area contributed by atoms with Gasteiger partial charge in [0.25, 0.3) is 10.0 Å². The van der Waals surface area contributed by atoms with E-state index in [0.29, 0.717) is 28.8 Å². The van der Waals surface area contributed by atoms with E-state index < -0.39 is 15.6 Å². The predicted molar refractivity (Wildman–Crippen MR) is 93.5 cm³/mol. The number of nitrogens with one attached hydrogen (secondary N) is 1. The lowest BCUT2D eigenvalue weighted by atomic mass is 10.1. The minimum absolute atomic E-state index is 0.0464. The van der Waals surface area contributed by atoms with E-state index in [-0.39, 0.29) is 11.0 Å². The third kappa shape index (κ3) is 2.87. The van der Waals surface area contributed by atoms with Crippen molar-refractivity contribution < 1.29 is 17.6 Å². The lowest BCUT2D eigenvalue weighted by Crippen LogP contribution is -2.14. The predicted octanol–water partition coefficient (Wildman–Crippen LogP) is 2.92. The van der Waals surface area contributed by atoms with E-state index in [1.807, 2.05) is 13.0 Å². The van der Waals surface area contributed by atoms with Crippen molar-refractivity contribution in [1.82, 2.24) is 0 Å². The van der Waals surface area contributed by atoms with Gasteiger partial charge in [0.15, 0.2) is 0 Å². The zero-order chi connectivity index (χ0) is 17.6. The zero-order valence-corrected chi connectivity index (χ0v) is 14.2. The summed E-state index contributed by atoms with van der Waals surface area (Å²) >= 11 is 0. The average Bonchev–Trinajstić information content (AvgIpc) is 2.94. The molecule has 0 fully saturated rings. The second-order valence-electron chi connectivity index (χ2n) is 5.99. The summed E-state index contributed by atoms with van der Waals surface area (Å²) in [4.78, 5) is 11.3. The van der Waals surface area contributed by atoms with Gasteiger partial charge in [-0.05, 0) is 42.8 Å². The number of hydrogen-bond acceptors (Lipinski definition) is 5. The molecule has 1 atom stereocenters. The van der Waals surface area contributed by atoms with Crippen LogP contribution in [-0.2, 0) is 16.4 Å². The van der Waals surface area contributed by atoms with Crippen molar-refractivity contribution in [2.75, 3.05) is 4.72 Å². The Morgan fingerprint density at radius 2 is 1.96 bits per heavy atom. The van der Waals surface area contributed by atoms with Crippen molar-refractivity contribution in [1.29, 1.82) is 0 Å². The largest absolute Gasteiger partial charge is 0.489 e. The van der Waals surface area contributed by atoms with Crippen molar-refractivity contribution in [2.45, 2.75) is 24.3 Å². The first-order valence-corrected chi connectivity index (χ1v) is 9.26. The molecule has 0 spiro atoms. The van der Waals surface area contributed by atoms with Gasteiger partial charge in [0.2, 0.25) is 0 Å². The van der Waals surface area contributed by atoms with E-state index in [1.165, 1.54) is 12.1 Å². The molecular weight excluding hydrogens is 342 g/mol. The zero-order valence-electron chi connectivity index (χ0n) is 13.4. The average molecular weight is 357 g/mol. The molecule has 2 heterocycles. The van der Waals surface area contributed by atoms with Gasteiger partial charge in [-0.2, -0.15) is 0 Å². The lowest BCUT2D eigenvalue weighted by molar-refractivity contribution is 0.249. The summed E-state index contributed by atoms with van der Waals surface area (Å²) in [6.45, 7) is 1.90. The molecule has 0 amide bonds. The first kappa shape index (κ1) is 15.7. The molecule has 7 heteroatoms. The maximum absolute atomic E-state index is 12.8. The van der Waals surface area contributed by atoms with Crippen LogP contribution in [0.1, 0.15) is 12.5 Å². The topological polar surface area (TPSA) is 85.6 Å². The maximum Gasteiger partial charge on any atom is 0.336 e. The molecule has 1 unspecified atom stereocenters. The van der Waals surface area contributed by atoms with Gasteiger partial charge in [0, 0.05) is 23.6 Å². The second-order valence-corrected chi connectivity index (χ2v) is 7.64. The number of hydrogen-bond donors (Lipinski definition) is 1. The molecule has 0 saturated heterocycles. The number of sulfonamides is 1. The van der Waals surface area contributed by atoms with Crippen molar-refractivity contribution in [2.24, 2.45) is 0 Å². The van der Waals surface area contributed by atoms with Gasteiger partial charge in [-0.25, -0.2) is 13.2 Å². The SMILES string of the molecule is CC1Cc2cccc(S(=O)(=O)Nc3ccc4oc(=O)ccc4c3)c2O1. The molecule has 0 radical (unpaired) electrons. The molecule has 0 bridgehead atoms. The summed E-state index contributed by atoms with van der Waals surface area (Å²) in [6.07, 6.45) is 0.642. The highest BCUT2D eigenvalue weighted by molar-refractivity contribution is 7.92. The second kappa shape index (κ2) is 5.63. The Morgan fingerprint density at radius 1 is 1.12 bits per heavy atom. The third-order valence-corrected chi connectivity index (χ3v) is 5.45. The number of rotatable bonds is 3. The van der Waals surface area contributed by atoms with Gasteiger partial charge in [-0.1, -0.05) is 12.1 Å². The van der Waals surface area contributed by atoms with Crippen LogP contribution < -0.4 is 15.1 Å². The summed E-state index contributed by atoms with van der Waals surface area (Å²) in [6, 6.07) is 12.7. The van der Waals surface area contributed by atoms with Crippen molar-refractivity contribution in [3.63, 3.8) is 0 Å². The van der Waals surface area contributed by atoms with E-state index in [2.05, 4.69) is 4.72 Å². The van der Waals surface area contributed by atoms with Crippen molar-refractivity contribution in [3.05, 3.63) is 64.5 Å². The van der Waals surface area contributed by atoms with Gasteiger partial charge in [-0.3, -0.25) is 4.72 Å². The third-order valence-electron chi connectivity index (χ3n) is 4.05. The fraction of sp³-hybridized carbons (Fsp3) is 0.167. The highest BCUT2D eigenvalue weighted by Gasteiger charge is 2.28. The van der Waals surface area contributed by atoms with Gasteiger partial charge < -0.3 is 9.15 Å². The van der Waals surface area contributed by atoms with E-state index in [4.69, 9.17) is 9.15 Å². The summed E-state index contributed by atoms with van der Waals surface area (Å²) in [5, 5.41) is 0.628. The summed E-state index contributed by atoms with van der Waals surface area (Å²) < 4.78 is 38.9. The minimum Gasteiger partial charge on any atom is -0.489 e. The molecule has 2 aromatic carbocycles. The molecule has 25 heavy (non-hydrogen) atoms. The highest BCUT2D eigenvalue weighted by Crippen LogP contribution is 2.36. The molecule has 1 aromatic heterocycles. The molecular formula is C18H15NO5S. The lowest BCUT2D eigenvalue weighted by Gasteiger charge is -2.12. The fourth-order valence-electron chi connectivity index (χ4n) is 2.97. The monoisotopic (exact) mass is 357 g/mol. The molecule has 3 aromatic rings. The number of benzene rings is 2. The van der Waals surface area contributed by atoms with Crippen LogP contribution in [0.3, 0.4) is 0 Å². The van der Waals surface area contributed by atoms with Crippen LogP contribution in [0.25, 0.3) is 11.0 Å². The van der Waals surface area contributed by atoms with Crippen LogP contribution in [0.4, 0.5) is 5.69 Å². The van der Waals surface area contributed by atoms with Crippen LogP contribution in [0, 0.1) is 0 Å². The molecule has 0 aliphatic carbocycles. The molecule has 4 rings (SSSR count). The summed E-state index contributed by atoms with van der Waals surface area (Å²) in [7, 11) is -3.81. The van der Waals surface area contributed by atoms with E-state index in [0.717, 1.165) is 5.56 Å². The Kier molecular flexibility index (Phi) is 3.54. The van der Waals surface area contributed by atoms with E-state index in [1.54, 1.807) is 30.3 Å². The fourth-order valence-corrected chi connectivity index (χ4v) is 4.19. The molecule has 1 N–H and O–H groups in total. The van der Waals surface area contributed by atoms with Gasteiger partial charge in [0.05, 0.1) is 0 Å². The standard InChI is InChI=1S/C18H15NO5S/c1-11-9-13-3-2-4-16(18(13)23-11)25(21,22)19-14-6-7-15-12(10-14)5-8-17(20)24-15/h2-8,10-11,19H,9H2,1H3. The Morgan fingerprint density at radius 3 is 2.80 bits per heavy atom. The van der Waals surface area contributed by atoms with E-state index in [9.17, 15) is 13.2 Å². The van der Waals surface area contributed by atoms with Crippen molar-refractivity contribution >= 4 is 26.7 Å². The minimum atomic E-state index is -3.81. The van der Waals surface area contributed by atoms with Crippen LogP contribution in [0.5, 0.6) is 5.75 Å². The van der Waals surface area contributed by atoms with Crippen LogP contribution in [0.15, 0.2) is 62.6 Å². The number of ether oxygens (including phenoxy) is 1. The Hall–Kier alpha value is -2.80. The summed E-state index contributed by atoms with van der Waals surface area (Å²) in [5.41, 5.74) is 1.21. The Labute approximate surface area is 144 Å². The first-order chi connectivity index (χ1) is 11.9. The Bertz CT molecular complexity index is 1130. The number of para-hydroxylation sites is 1. The molecule has 128 valence electrons. The van der Waals surface area contributed by atoms with Gasteiger partial charge in [-0.15, -0.1) is 0 Å². The Balaban J connectivity index is 1.72. The maximum atomic E-state index is 12.8. The van der Waals surface area contributed by atoms with Crippen molar-refractivity contribution in [3.8, 4) is 5.75 Å². The number of fused-ring (bicyclic) bond motifs is 2. The summed E-state index contributed by atoms with van der Waals surface area (Å²) in [5.74, 6) is 0.411. The highest BCUT2D eigenvalue weighted by atomic mass is 32.2. The first-order valence-electron chi connectivity index (χ1n) is 7.78. The van der Waals surface area contributed by atoms with Crippen LogP contribution in [0.2, 0.25) is 0 Å². The smallest absolute Gasteiger partial charge is 0.336 e. The quantitative estimate of drug-likeness (QED) is 0.729. The molecule has 6 nitrogen and oxygen atoms in total. The van der Waals surface area contributed by atoms with Crippen LogP contribution in [-0.4, -0.2) is 14.5 Å². The van der Waals surface area contributed by atoms with Gasteiger partial charge >= 0.3 is 5.63 Å². The van der Waals surface area contributed by atoms with Gasteiger partial charge in [0.1, 0.15) is 22.3 Å². The molecule has 1 aliphatic rings. The molecule has 1 aliphatic heterocycles. The normalized spacial score (nSPS) is 16.4. The number of anilines is 1. The molecule has 0 saturated carbocycles. The van der Waals surface area contributed by atoms with Crippen LogP contribution >= 0.6 is 0 Å². The van der Waals surface area contributed by atoms with E-state index >= 15 is 0 Å².